The molecule has 7 nitrogen and oxygen atoms in total. The van der Waals surface area contributed by atoms with Gasteiger partial charge in [0.05, 0.1) is 12.5 Å². The molecule has 0 aromatic carbocycles. The predicted octanol–water partition coefficient (Wildman–Crippen LogP) is 2.40. The van der Waals surface area contributed by atoms with Crippen LogP contribution in [0, 0.1) is 12.8 Å². The van der Waals surface area contributed by atoms with Crippen molar-refractivity contribution in [2.24, 2.45) is 13.0 Å². The summed E-state index contributed by atoms with van der Waals surface area (Å²) in [4.78, 5) is 26.4. The predicted molar refractivity (Wildman–Crippen MR) is 90.9 cm³/mol. The topological polar surface area (TPSA) is 77.6 Å². The number of furan rings is 1. The number of piperidine rings is 1. The van der Waals surface area contributed by atoms with Crippen LogP contribution in [0.5, 0.6) is 0 Å². The van der Waals surface area contributed by atoms with Gasteiger partial charge in [-0.2, -0.15) is 5.10 Å². The van der Waals surface area contributed by atoms with E-state index in [4.69, 9.17) is 9.15 Å². The van der Waals surface area contributed by atoms with Crippen LogP contribution in [0.3, 0.4) is 0 Å². The molecule has 2 aromatic rings. The molecular formula is C18H23N3O4. The Hall–Kier alpha value is -2.57. The minimum Gasteiger partial charge on any atom is -0.466 e. The summed E-state index contributed by atoms with van der Waals surface area (Å²) in [6, 6.07) is 5.46. The van der Waals surface area contributed by atoms with Gasteiger partial charge in [0.1, 0.15) is 17.1 Å². The first-order valence-electron chi connectivity index (χ1n) is 8.56. The van der Waals surface area contributed by atoms with Crippen LogP contribution in [0.2, 0.25) is 0 Å². The van der Waals surface area contributed by atoms with E-state index in [1.54, 1.807) is 29.6 Å². The molecule has 3 rings (SSSR count). The van der Waals surface area contributed by atoms with Crippen LogP contribution in [-0.2, 0) is 16.6 Å². The molecule has 25 heavy (non-hydrogen) atoms. The van der Waals surface area contributed by atoms with Crippen molar-refractivity contribution in [2.75, 3.05) is 19.7 Å². The molecule has 1 amide bonds. The lowest BCUT2D eigenvalue weighted by molar-refractivity contribution is -0.149. The Kier molecular flexibility index (Phi) is 4.92. The Morgan fingerprint density at radius 3 is 2.64 bits per heavy atom. The van der Waals surface area contributed by atoms with Crippen LogP contribution in [0.25, 0.3) is 11.5 Å². The van der Waals surface area contributed by atoms with Crippen molar-refractivity contribution in [1.82, 2.24) is 14.7 Å². The van der Waals surface area contributed by atoms with Gasteiger partial charge >= 0.3 is 5.97 Å². The Morgan fingerprint density at radius 2 is 2.04 bits per heavy atom. The summed E-state index contributed by atoms with van der Waals surface area (Å²) in [5.41, 5.74) is 1.15. The second-order valence-corrected chi connectivity index (χ2v) is 6.27. The number of nitrogens with zero attached hydrogens (tertiary/aromatic N) is 3. The van der Waals surface area contributed by atoms with Crippen LogP contribution in [0.1, 0.15) is 36.0 Å². The number of aromatic nitrogens is 2. The molecule has 134 valence electrons. The molecule has 0 aliphatic carbocycles. The first kappa shape index (κ1) is 17.3. The zero-order chi connectivity index (χ0) is 18.0. The quantitative estimate of drug-likeness (QED) is 0.795. The number of likely N-dealkylation sites (tertiary alicyclic amines) is 1. The summed E-state index contributed by atoms with van der Waals surface area (Å²) in [6.45, 7) is 5.15. The van der Waals surface area contributed by atoms with E-state index in [1.807, 2.05) is 19.1 Å². The van der Waals surface area contributed by atoms with Gasteiger partial charge in [0, 0.05) is 26.2 Å². The van der Waals surface area contributed by atoms with Crippen molar-refractivity contribution in [3.63, 3.8) is 0 Å². The molecule has 7 heteroatoms. The van der Waals surface area contributed by atoms with Crippen molar-refractivity contribution in [3.8, 4) is 11.5 Å². The maximum Gasteiger partial charge on any atom is 0.309 e. The zero-order valence-electron chi connectivity index (χ0n) is 14.8. The van der Waals surface area contributed by atoms with Crippen LogP contribution >= 0.6 is 0 Å². The highest BCUT2D eigenvalue weighted by atomic mass is 16.5. The molecule has 0 atom stereocenters. The molecule has 1 aliphatic rings. The number of carbonyl (C=O) groups is 2. The molecule has 3 heterocycles. The number of carbonyl (C=O) groups excluding carboxylic acids is 2. The first-order valence-corrected chi connectivity index (χ1v) is 8.56. The number of ether oxygens (including phenoxy) is 1. The van der Waals surface area contributed by atoms with Gasteiger partial charge in [0.15, 0.2) is 5.76 Å². The van der Waals surface area contributed by atoms with Gasteiger partial charge in [-0.15, -0.1) is 0 Å². The van der Waals surface area contributed by atoms with E-state index in [9.17, 15) is 9.59 Å². The number of hydrogen-bond donors (Lipinski definition) is 0. The largest absolute Gasteiger partial charge is 0.466 e. The number of esters is 1. The number of aryl methyl sites for hydroxylation is 2. The summed E-state index contributed by atoms with van der Waals surface area (Å²) < 4.78 is 12.2. The highest BCUT2D eigenvalue weighted by Gasteiger charge is 2.30. The van der Waals surface area contributed by atoms with E-state index in [0.717, 1.165) is 5.76 Å². The highest BCUT2D eigenvalue weighted by Crippen LogP contribution is 2.24. The first-order chi connectivity index (χ1) is 12.0. The average molecular weight is 345 g/mol. The standard InChI is InChI=1S/C18H23N3O4/c1-4-24-18(23)13-7-9-21(10-8-13)17(22)15-11-14(19-20(15)3)16-6-5-12(2)25-16/h5-6,11,13H,4,7-10H2,1-3H3. The lowest BCUT2D eigenvalue weighted by atomic mass is 9.97. The molecule has 1 fully saturated rings. The van der Waals surface area contributed by atoms with E-state index in [-0.39, 0.29) is 17.8 Å². The number of hydrogen-bond acceptors (Lipinski definition) is 5. The molecule has 0 unspecified atom stereocenters. The molecule has 0 bridgehead atoms. The molecule has 2 aromatic heterocycles. The minimum absolute atomic E-state index is 0.0770. The number of rotatable bonds is 4. The molecule has 1 saturated heterocycles. The van der Waals surface area contributed by atoms with E-state index in [2.05, 4.69) is 5.10 Å². The third-order valence-electron chi connectivity index (χ3n) is 4.49. The summed E-state index contributed by atoms with van der Waals surface area (Å²) >= 11 is 0. The molecule has 0 radical (unpaired) electrons. The van der Waals surface area contributed by atoms with Crippen LogP contribution < -0.4 is 0 Å². The maximum absolute atomic E-state index is 12.8. The second kappa shape index (κ2) is 7.13. The summed E-state index contributed by atoms with van der Waals surface area (Å²) in [5, 5.41) is 4.38. The average Bonchev–Trinajstić information content (AvgIpc) is 3.20. The van der Waals surface area contributed by atoms with Gasteiger partial charge in [-0.05, 0) is 38.8 Å². The van der Waals surface area contributed by atoms with Crippen molar-refractivity contribution >= 4 is 11.9 Å². The summed E-state index contributed by atoms with van der Waals surface area (Å²) in [5.74, 6) is 1.09. The number of amides is 1. The highest BCUT2D eigenvalue weighted by molar-refractivity contribution is 5.93. The summed E-state index contributed by atoms with van der Waals surface area (Å²) in [7, 11) is 1.75. The normalized spacial score (nSPS) is 15.4. The van der Waals surface area contributed by atoms with Crippen LogP contribution in [-0.4, -0.2) is 46.3 Å². The van der Waals surface area contributed by atoms with Crippen LogP contribution in [0.15, 0.2) is 22.6 Å². The Balaban J connectivity index is 1.68. The zero-order valence-corrected chi connectivity index (χ0v) is 14.8. The van der Waals surface area contributed by atoms with Crippen molar-refractivity contribution in [2.45, 2.75) is 26.7 Å². The SMILES string of the molecule is CCOC(=O)C1CCN(C(=O)c2cc(-c3ccc(C)o3)nn2C)CC1. The summed E-state index contributed by atoms with van der Waals surface area (Å²) in [6.07, 6.45) is 1.26. The molecular weight excluding hydrogens is 322 g/mol. The van der Waals surface area contributed by atoms with E-state index in [1.165, 1.54) is 0 Å². The second-order valence-electron chi connectivity index (χ2n) is 6.27. The smallest absolute Gasteiger partial charge is 0.309 e. The van der Waals surface area contributed by atoms with E-state index < -0.39 is 0 Å². The van der Waals surface area contributed by atoms with Crippen molar-refractivity contribution in [3.05, 3.63) is 29.7 Å². The van der Waals surface area contributed by atoms with Gasteiger partial charge in [-0.3, -0.25) is 14.3 Å². The van der Waals surface area contributed by atoms with E-state index in [0.29, 0.717) is 49.7 Å². The van der Waals surface area contributed by atoms with Gasteiger partial charge in [-0.1, -0.05) is 0 Å². The van der Waals surface area contributed by atoms with Gasteiger partial charge in [0.2, 0.25) is 0 Å². The third kappa shape index (κ3) is 3.60. The van der Waals surface area contributed by atoms with E-state index >= 15 is 0 Å². The molecule has 0 saturated carbocycles. The van der Waals surface area contributed by atoms with Gasteiger partial charge in [0.25, 0.3) is 5.91 Å². The molecule has 0 spiro atoms. The minimum atomic E-state index is -0.161. The fourth-order valence-electron chi connectivity index (χ4n) is 3.10. The Labute approximate surface area is 146 Å². The Morgan fingerprint density at radius 1 is 1.32 bits per heavy atom. The molecule has 0 N–H and O–H groups in total. The lowest BCUT2D eigenvalue weighted by Crippen LogP contribution is -2.41. The fourth-order valence-corrected chi connectivity index (χ4v) is 3.10. The van der Waals surface area contributed by atoms with Crippen LogP contribution in [0.4, 0.5) is 0 Å². The molecule has 1 aliphatic heterocycles. The lowest BCUT2D eigenvalue weighted by Gasteiger charge is -2.30. The van der Waals surface area contributed by atoms with Gasteiger partial charge in [-0.25, -0.2) is 0 Å². The maximum atomic E-state index is 12.8. The van der Waals surface area contributed by atoms with Crippen molar-refractivity contribution in [1.29, 1.82) is 0 Å². The van der Waals surface area contributed by atoms with Crippen molar-refractivity contribution < 1.29 is 18.7 Å². The third-order valence-corrected chi connectivity index (χ3v) is 4.49. The van der Waals surface area contributed by atoms with Gasteiger partial charge < -0.3 is 14.1 Å². The monoisotopic (exact) mass is 345 g/mol. The fraction of sp³-hybridized carbons (Fsp3) is 0.500. The Bertz CT molecular complexity index is 769.